The lowest BCUT2D eigenvalue weighted by Gasteiger charge is -2.36. The number of likely N-dealkylation sites (tertiary alicyclic amines) is 1. The first kappa shape index (κ1) is 38.8. The number of Topliss-reactive ketones (excluding diaryl/α,β-unsaturated/α-hetero) is 1. The van der Waals surface area contributed by atoms with Crippen LogP contribution < -0.4 is 20.7 Å². The number of ether oxygens (including phenoxy) is 1. The van der Waals surface area contributed by atoms with E-state index in [1.54, 1.807) is 0 Å². The summed E-state index contributed by atoms with van der Waals surface area (Å²) in [5, 5.41) is 12.6. The van der Waals surface area contributed by atoms with Gasteiger partial charge >= 0.3 is 0 Å². The van der Waals surface area contributed by atoms with Crippen molar-refractivity contribution >= 4 is 35.1 Å². The fourth-order valence-electron chi connectivity index (χ4n) is 7.57. The largest absolute Gasteiger partial charge is 0.493 e. The Morgan fingerprint density at radius 2 is 1.70 bits per heavy atom. The predicted molar refractivity (Wildman–Crippen MR) is 191 cm³/mol. The van der Waals surface area contributed by atoms with Crippen LogP contribution in [0.5, 0.6) is 5.75 Å². The van der Waals surface area contributed by atoms with Crippen molar-refractivity contribution in [1.29, 1.82) is 0 Å². The lowest BCUT2D eigenvalue weighted by molar-refractivity contribution is -0.145. The van der Waals surface area contributed by atoms with E-state index < -0.39 is 52.6 Å². The van der Waals surface area contributed by atoms with Gasteiger partial charge in [0.1, 0.15) is 17.8 Å². The molecule has 0 unspecified atom stereocenters. The second-order valence-electron chi connectivity index (χ2n) is 15.4. The van der Waals surface area contributed by atoms with Crippen LogP contribution in [0.1, 0.15) is 116 Å². The molecule has 3 N–H and O–H groups in total. The number of aryl methyl sites for hydroxylation is 2. The number of amides is 4. The fraction of sp³-hybridized carbons (Fsp3) is 0.684. The number of benzene rings is 1. The average molecular weight is 696 g/mol. The molecule has 276 valence electrons. The van der Waals surface area contributed by atoms with Crippen LogP contribution in [0.2, 0.25) is 0 Å². The molecule has 0 aromatic heterocycles. The van der Waals surface area contributed by atoms with Gasteiger partial charge < -0.3 is 30.4 Å². The second kappa shape index (κ2) is 16.4. The fourth-order valence-corrected chi connectivity index (χ4v) is 7.57. The minimum Gasteiger partial charge on any atom is -0.493 e. The van der Waals surface area contributed by atoms with E-state index in [1.165, 1.54) is 18.4 Å². The monoisotopic (exact) mass is 695 g/mol. The lowest BCUT2D eigenvalue weighted by atomic mass is 9.84. The summed E-state index contributed by atoms with van der Waals surface area (Å²) < 4.78 is 5.83. The van der Waals surface area contributed by atoms with E-state index in [9.17, 15) is 24.0 Å². The molecule has 4 atom stereocenters. The van der Waals surface area contributed by atoms with E-state index in [2.05, 4.69) is 21.1 Å². The van der Waals surface area contributed by atoms with Crippen LogP contribution in [-0.4, -0.2) is 83.9 Å². The van der Waals surface area contributed by atoms with Crippen molar-refractivity contribution in [3.8, 4) is 5.75 Å². The van der Waals surface area contributed by atoms with E-state index in [0.717, 1.165) is 48.1 Å². The number of likely N-dealkylation sites (N-methyl/N-ethyl adjacent to an activating group) is 1. The van der Waals surface area contributed by atoms with Gasteiger partial charge in [-0.05, 0) is 74.6 Å². The van der Waals surface area contributed by atoms with Gasteiger partial charge in [0.25, 0.3) is 5.91 Å². The van der Waals surface area contributed by atoms with Crippen LogP contribution in [0.25, 0.3) is 0 Å². The highest BCUT2D eigenvalue weighted by atomic mass is 16.7. The molecule has 1 saturated carbocycles. The molecule has 2 fully saturated rings. The van der Waals surface area contributed by atoms with Crippen molar-refractivity contribution in [3.63, 3.8) is 0 Å². The first-order valence-corrected chi connectivity index (χ1v) is 18.3. The summed E-state index contributed by atoms with van der Waals surface area (Å²) in [7, 11) is 1.36. The van der Waals surface area contributed by atoms with E-state index in [-0.39, 0.29) is 25.3 Å². The number of oxime groups is 1. The summed E-state index contributed by atoms with van der Waals surface area (Å²) in [6.45, 7) is 14.0. The van der Waals surface area contributed by atoms with E-state index in [4.69, 9.17) is 9.57 Å². The van der Waals surface area contributed by atoms with Gasteiger partial charge in [-0.15, -0.1) is 0 Å². The first-order chi connectivity index (χ1) is 23.6. The molecule has 12 nitrogen and oxygen atoms in total. The summed E-state index contributed by atoms with van der Waals surface area (Å²) in [6.07, 6.45) is 7.01. The molecule has 2 aliphatic heterocycles. The zero-order chi connectivity index (χ0) is 36.8. The molecule has 4 amide bonds. The minimum atomic E-state index is -1.05. The predicted octanol–water partition coefficient (Wildman–Crippen LogP) is 4.27. The van der Waals surface area contributed by atoms with Crippen molar-refractivity contribution < 1.29 is 33.5 Å². The molecular formula is C38H57N5O7. The molecule has 0 radical (unpaired) electrons. The smallest absolute Gasteiger partial charge is 0.289 e. The number of carbonyl (C=O) groups is 5. The van der Waals surface area contributed by atoms with E-state index >= 15 is 0 Å². The van der Waals surface area contributed by atoms with Crippen LogP contribution in [-0.2, 0) is 28.8 Å². The van der Waals surface area contributed by atoms with Gasteiger partial charge in [0.05, 0.1) is 24.9 Å². The minimum absolute atomic E-state index is 0.0544. The number of ketones is 1. The average Bonchev–Trinajstić information content (AvgIpc) is 3.67. The molecule has 4 rings (SSSR count). The molecule has 3 aliphatic rings. The zero-order valence-electron chi connectivity index (χ0n) is 31.2. The summed E-state index contributed by atoms with van der Waals surface area (Å²) in [5.74, 6) is -1.57. The lowest BCUT2D eigenvalue weighted by Crippen LogP contribution is -2.59. The topological polar surface area (TPSA) is 156 Å². The van der Waals surface area contributed by atoms with Gasteiger partial charge in [-0.1, -0.05) is 58.5 Å². The summed E-state index contributed by atoms with van der Waals surface area (Å²) in [6, 6.07) is 0.997. The third kappa shape index (κ3) is 9.03. The molecule has 50 heavy (non-hydrogen) atoms. The highest BCUT2D eigenvalue weighted by molar-refractivity contribution is 6.38. The molecular weight excluding hydrogens is 638 g/mol. The van der Waals surface area contributed by atoms with Crippen LogP contribution in [0.3, 0.4) is 0 Å². The summed E-state index contributed by atoms with van der Waals surface area (Å²) >= 11 is 0. The summed E-state index contributed by atoms with van der Waals surface area (Å²) in [4.78, 5) is 74.9. The molecule has 1 saturated heterocycles. The maximum Gasteiger partial charge on any atom is 0.289 e. The molecule has 1 aliphatic carbocycles. The van der Waals surface area contributed by atoms with Crippen molar-refractivity contribution in [2.24, 2.45) is 16.5 Å². The van der Waals surface area contributed by atoms with Gasteiger partial charge in [-0.3, -0.25) is 24.0 Å². The highest BCUT2D eigenvalue weighted by Crippen LogP contribution is 2.41. The van der Waals surface area contributed by atoms with Gasteiger partial charge in [0.2, 0.25) is 23.5 Å². The van der Waals surface area contributed by atoms with Gasteiger partial charge in [0.15, 0.2) is 5.60 Å². The molecule has 0 bridgehead atoms. The molecule has 1 aromatic rings. The Kier molecular flexibility index (Phi) is 12.7. The molecule has 12 heteroatoms. The quantitative estimate of drug-likeness (QED) is 0.261. The van der Waals surface area contributed by atoms with Crippen LogP contribution >= 0.6 is 0 Å². The Balaban J connectivity index is 1.63. The van der Waals surface area contributed by atoms with Crippen LogP contribution in [0.15, 0.2) is 17.3 Å². The highest BCUT2D eigenvalue weighted by Gasteiger charge is 2.55. The van der Waals surface area contributed by atoms with E-state index in [1.807, 2.05) is 60.6 Å². The second-order valence-corrected chi connectivity index (χ2v) is 15.4. The van der Waals surface area contributed by atoms with Crippen molar-refractivity contribution in [3.05, 3.63) is 28.8 Å². The number of hydrogen-bond donors (Lipinski definition) is 3. The van der Waals surface area contributed by atoms with E-state index in [0.29, 0.717) is 37.5 Å². The SMILES string of the molecule is CCC[C@H](NC(=O)[C@@H]1C[C@]2(CC(c3cc(C)c(OCC)c(C)c3)=NO2)CN1C(=O)[C@@H](NC(=O)CC1CCCCC1)C(C)(C)C)C(=O)C(=O)NC. The van der Waals surface area contributed by atoms with Crippen LogP contribution in [0.4, 0.5) is 0 Å². The zero-order valence-corrected chi connectivity index (χ0v) is 31.2. The molecule has 2 heterocycles. The third-order valence-corrected chi connectivity index (χ3v) is 10.2. The van der Waals surface area contributed by atoms with Crippen molar-refractivity contribution in [2.75, 3.05) is 20.2 Å². The Hall–Kier alpha value is -3.96. The maximum atomic E-state index is 14.6. The van der Waals surface area contributed by atoms with Crippen molar-refractivity contribution in [2.45, 2.75) is 136 Å². The number of nitrogens with zero attached hydrogens (tertiary/aromatic N) is 2. The Morgan fingerprint density at radius 3 is 2.28 bits per heavy atom. The number of hydrogen-bond acceptors (Lipinski definition) is 8. The number of carbonyl (C=O) groups excluding carboxylic acids is 5. The Morgan fingerprint density at radius 1 is 1.04 bits per heavy atom. The maximum absolute atomic E-state index is 14.6. The third-order valence-electron chi connectivity index (χ3n) is 10.2. The Bertz CT molecular complexity index is 1450. The first-order valence-electron chi connectivity index (χ1n) is 18.3. The molecule has 1 aromatic carbocycles. The Labute approximate surface area is 296 Å². The van der Waals surface area contributed by atoms with Crippen molar-refractivity contribution in [1.82, 2.24) is 20.9 Å². The van der Waals surface area contributed by atoms with Crippen LogP contribution in [0, 0.1) is 25.2 Å². The normalized spacial score (nSPS) is 22.0. The molecule has 1 spiro atoms. The summed E-state index contributed by atoms with van der Waals surface area (Å²) in [5.41, 5.74) is 1.81. The standard InChI is InChI=1S/C38H57N5O7/c1-9-14-27(31(45)35(47)39-8)40-34(46)29-21-38(20-28(42-50-38)26-17-23(3)32(49-10-2)24(4)18-26)22-43(29)36(48)33(37(5,6)7)41-30(44)19-25-15-12-11-13-16-25/h17-18,25,27,29,33H,9-16,19-22H2,1-8H3,(H,39,47)(H,40,46)(H,41,44)/t27-,29-,33+,38+/m0/s1. The van der Waals surface area contributed by atoms with Gasteiger partial charge in [-0.25, -0.2) is 0 Å². The van der Waals surface area contributed by atoms with Gasteiger partial charge in [-0.2, -0.15) is 0 Å². The number of nitrogens with one attached hydrogen (secondary N) is 3. The number of rotatable bonds is 13. The van der Waals surface area contributed by atoms with Gasteiger partial charge in [0, 0.05) is 31.9 Å².